The predicted octanol–water partition coefficient (Wildman–Crippen LogP) is 4.66. The van der Waals surface area contributed by atoms with Gasteiger partial charge in [-0.1, -0.05) is 20.8 Å². The lowest BCUT2D eigenvalue weighted by Crippen LogP contribution is -2.16. The summed E-state index contributed by atoms with van der Waals surface area (Å²) >= 11 is 5.47. The normalized spacial score (nSPS) is 20.6. The average molecular weight is 282 g/mol. The lowest BCUT2D eigenvalue weighted by Gasteiger charge is -2.29. The second kappa shape index (κ2) is 8.60. The molecule has 0 saturated carbocycles. The van der Waals surface area contributed by atoms with Gasteiger partial charge in [0, 0.05) is 0 Å². The van der Waals surface area contributed by atoms with Gasteiger partial charge in [0.15, 0.2) is 0 Å². The molecule has 0 spiro atoms. The largest absolute Gasteiger partial charge is 0.327 e. The van der Waals surface area contributed by atoms with Gasteiger partial charge in [0.05, 0.1) is 18.3 Å². The molecule has 0 aliphatic rings. The predicted molar refractivity (Wildman–Crippen MR) is 76.8 cm³/mol. The van der Waals surface area contributed by atoms with Crippen LogP contribution < -0.4 is 0 Å². The lowest BCUT2D eigenvalue weighted by molar-refractivity contribution is 0.0736. The third kappa shape index (κ3) is 7.53. The molecular weight excluding hydrogens is 255 g/mol. The standard InChI is InChI=1S/C12H27O3PS/c1-7-10(4)13-16(17,14-11(5)8-2)15-12(6)9-3/h10-12H,7-9H2,1-6H3. The maximum absolute atomic E-state index is 5.81. The van der Waals surface area contributed by atoms with Gasteiger partial charge in [-0.3, -0.25) is 0 Å². The zero-order chi connectivity index (χ0) is 13.5. The zero-order valence-corrected chi connectivity index (χ0v) is 13.6. The quantitative estimate of drug-likeness (QED) is 0.575. The van der Waals surface area contributed by atoms with Crippen molar-refractivity contribution in [2.45, 2.75) is 79.1 Å². The van der Waals surface area contributed by atoms with Crippen LogP contribution in [0.4, 0.5) is 0 Å². The maximum Gasteiger partial charge on any atom is 0.327 e. The summed E-state index contributed by atoms with van der Waals surface area (Å²) in [5, 5.41) is 0. The maximum atomic E-state index is 5.81. The summed E-state index contributed by atoms with van der Waals surface area (Å²) in [5.41, 5.74) is 0. The van der Waals surface area contributed by atoms with Crippen LogP contribution in [0.5, 0.6) is 0 Å². The van der Waals surface area contributed by atoms with Gasteiger partial charge in [0.1, 0.15) is 0 Å². The molecular formula is C12H27O3PS. The molecule has 17 heavy (non-hydrogen) atoms. The van der Waals surface area contributed by atoms with Gasteiger partial charge in [-0.15, -0.1) is 0 Å². The van der Waals surface area contributed by atoms with Crippen molar-refractivity contribution < 1.29 is 13.6 Å². The van der Waals surface area contributed by atoms with Crippen LogP contribution in [0.3, 0.4) is 0 Å². The molecule has 0 bridgehead atoms. The van der Waals surface area contributed by atoms with E-state index in [0.29, 0.717) is 0 Å². The lowest BCUT2D eigenvalue weighted by atomic mass is 10.3. The van der Waals surface area contributed by atoms with Gasteiger partial charge in [-0.05, 0) is 51.8 Å². The van der Waals surface area contributed by atoms with E-state index in [-0.39, 0.29) is 18.3 Å². The van der Waals surface area contributed by atoms with Gasteiger partial charge < -0.3 is 13.6 Å². The van der Waals surface area contributed by atoms with E-state index >= 15 is 0 Å². The van der Waals surface area contributed by atoms with E-state index in [1.165, 1.54) is 0 Å². The third-order valence-electron chi connectivity index (χ3n) is 2.65. The Morgan fingerprint density at radius 1 is 0.765 bits per heavy atom. The third-order valence-corrected chi connectivity index (χ3v) is 5.28. The molecule has 3 nitrogen and oxygen atoms in total. The van der Waals surface area contributed by atoms with Gasteiger partial charge in [-0.25, -0.2) is 0 Å². The van der Waals surface area contributed by atoms with Crippen LogP contribution in [-0.4, -0.2) is 18.3 Å². The van der Waals surface area contributed by atoms with Crippen molar-refractivity contribution in [2.75, 3.05) is 0 Å². The molecule has 0 saturated heterocycles. The highest BCUT2D eigenvalue weighted by molar-refractivity contribution is 8.07. The van der Waals surface area contributed by atoms with Crippen molar-refractivity contribution >= 4 is 18.5 Å². The molecule has 5 heteroatoms. The van der Waals surface area contributed by atoms with Crippen molar-refractivity contribution in [2.24, 2.45) is 0 Å². The first-order chi connectivity index (χ1) is 7.86. The minimum absolute atomic E-state index is 0.0777. The monoisotopic (exact) mass is 282 g/mol. The van der Waals surface area contributed by atoms with Crippen LogP contribution in [0.2, 0.25) is 0 Å². The molecule has 0 aromatic rings. The number of rotatable bonds is 9. The Labute approximate surface area is 111 Å². The second-order valence-corrected chi connectivity index (χ2v) is 7.29. The Kier molecular flexibility index (Phi) is 8.87. The van der Waals surface area contributed by atoms with Crippen LogP contribution in [0.25, 0.3) is 0 Å². The van der Waals surface area contributed by atoms with E-state index < -0.39 is 6.72 Å². The number of hydrogen-bond donors (Lipinski definition) is 0. The molecule has 3 unspecified atom stereocenters. The topological polar surface area (TPSA) is 27.7 Å². The summed E-state index contributed by atoms with van der Waals surface area (Å²) in [7, 11) is 0. The van der Waals surface area contributed by atoms with Crippen LogP contribution in [0.1, 0.15) is 60.8 Å². The fourth-order valence-corrected chi connectivity index (χ4v) is 4.20. The molecule has 0 radical (unpaired) electrons. The van der Waals surface area contributed by atoms with E-state index in [1.54, 1.807) is 0 Å². The fourth-order valence-electron chi connectivity index (χ4n) is 0.959. The van der Waals surface area contributed by atoms with E-state index in [0.717, 1.165) is 19.3 Å². The Balaban J connectivity index is 4.62. The Hall–Kier alpha value is 0.530. The molecule has 0 aliphatic heterocycles. The molecule has 0 N–H and O–H groups in total. The van der Waals surface area contributed by atoms with Crippen molar-refractivity contribution in [3.8, 4) is 0 Å². The van der Waals surface area contributed by atoms with Crippen LogP contribution in [0, 0.1) is 0 Å². The second-order valence-electron chi connectivity index (χ2n) is 4.42. The highest BCUT2D eigenvalue weighted by Gasteiger charge is 2.27. The first-order valence-electron chi connectivity index (χ1n) is 6.52. The van der Waals surface area contributed by atoms with Gasteiger partial charge in [0.25, 0.3) is 0 Å². The van der Waals surface area contributed by atoms with E-state index in [4.69, 9.17) is 25.4 Å². The van der Waals surface area contributed by atoms with Crippen molar-refractivity contribution in [1.82, 2.24) is 0 Å². The van der Waals surface area contributed by atoms with Crippen LogP contribution >= 0.6 is 6.72 Å². The molecule has 0 heterocycles. The summed E-state index contributed by atoms with van der Waals surface area (Å²) in [4.78, 5) is 0. The molecule has 104 valence electrons. The van der Waals surface area contributed by atoms with E-state index in [9.17, 15) is 0 Å². The van der Waals surface area contributed by atoms with Crippen molar-refractivity contribution in [3.05, 3.63) is 0 Å². The first kappa shape index (κ1) is 17.5. The summed E-state index contributed by atoms with van der Waals surface area (Å²) in [6.45, 7) is 9.60. The Bertz CT molecular complexity index is 210. The van der Waals surface area contributed by atoms with Crippen LogP contribution in [0.15, 0.2) is 0 Å². The van der Waals surface area contributed by atoms with Crippen molar-refractivity contribution in [3.63, 3.8) is 0 Å². The van der Waals surface area contributed by atoms with Crippen molar-refractivity contribution in [1.29, 1.82) is 0 Å². The van der Waals surface area contributed by atoms with E-state index in [1.807, 2.05) is 20.8 Å². The zero-order valence-electron chi connectivity index (χ0n) is 11.9. The van der Waals surface area contributed by atoms with Gasteiger partial charge >= 0.3 is 6.72 Å². The highest BCUT2D eigenvalue weighted by Crippen LogP contribution is 2.53. The van der Waals surface area contributed by atoms with Gasteiger partial charge in [0.2, 0.25) is 0 Å². The van der Waals surface area contributed by atoms with Crippen LogP contribution in [-0.2, 0) is 25.4 Å². The number of hydrogen-bond acceptors (Lipinski definition) is 4. The minimum Gasteiger partial charge on any atom is -0.306 e. The Morgan fingerprint density at radius 2 is 1.00 bits per heavy atom. The molecule has 0 fully saturated rings. The average Bonchev–Trinajstić information content (AvgIpc) is 2.27. The summed E-state index contributed by atoms with van der Waals surface area (Å²) in [6, 6.07) is 0. The summed E-state index contributed by atoms with van der Waals surface area (Å²) in [5.74, 6) is 0. The van der Waals surface area contributed by atoms with Gasteiger partial charge in [-0.2, -0.15) is 0 Å². The Morgan fingerprint density at radius 3 is 1.18 bits per heavy atom. The summed E-state index contributed by atoms with van der Waals surface area (Å²) < 4.78 is 17.4. The SMILES string of the molecule is CCC(C)OP(=S)(OC(C)CC)OC(C)CC. The molecule has 0 amide bonds. The highest BCUT2D eigenvalue weighted by atomic mass is 32.5. The molecule has 0 aliphatic carbocycles. The molecule has 3 atom stereocenters. The molecule has 0 rings (SSSR count). The molecule has 0 aromatic carbocycles. The molecule has 0 aromatic heterocycles. The van der Waals surface area contributed by atoms with E-state index in [2.05, 4.69) is 20.8 Å². The smallest absolute Gasteiger partial charge is 0.306 e. The minimum atomic E-state index is -2.60. The first-order valence-corrected chi connectivity index (χ1v) is 9.07. The summed E-state index contributed by atoms with van der Waals surface area (Å²) in [6.07, 6.45) is 2.96. The fraction of sp³-hybridized carbons (Fsp3) is 1.00.